The number of aromatic nitrogens is 1. The molecule has 0 spiro atoms. The SMILES string of the molecule is C[C@@H]1CN(c2ccc(-c3cccc(CN(C)CC(N)=O)c3)cn2)C[C@H](C)O1. The maximum atomic E-state index is 11.1. The highest BCUT2D eigenvalue weighted by molar-refractivity contribution is 5.75. The third-order valence-corrected chi connectivity index (χ3v) is 4.63. The van der Waals surface area contributed by atoms with Crippen LogP contribution in [0.15, 0.2) is 42.6 Å². The van der Waals surface area contributed by atoms with E-state index in [9.17, 15) is 4.79 Å². The van der Waals surface area contributed by atoms with Crippen molar-refractivity contribution in [2.24, 2.45) is 5.73 Å². The van der Waals surface area contributed by atoms with Gasteiger partial charge in [0.25, 0.3) is 0 Å². The van der Waals surface area contributed by atoms with Crippen molar-refractivity contribution in [3.63, 3.8) is 0 Å². The van der Waals surface area contributed by atoms with E-state index in [2.05, 4.69) is 54.1 Å². The van der Waals surface area contributed by atoms with Gasteiger partial charge in [0.05, 0.1) is 18.8 Å². The first-order chi connectivity index (χ1) is 12.9. The first-order valence-electron chi connectivity index (χ1n) is 9.33. The van der Waals surface area contributed by atoms with Gasteiger partial charge in [-0.05, 0) is 50.2 Å². The number of rotatable bonds is 6. The Morgan fingerprint density at radius 1 is 1.22 bits per heavy atom. The van der Waals surface area contributed by atoms with Crippen LogP contribution in [-0.4, -0.2) is 54.7 Å². The Bertz CT molecular complexity index is 768. The van der Waals surface area contributed by atoms with Gasteiger partial charge in [0.2, 0.25) is 5.91 Å². The van der Waals surface area contributed by atoms with Gasteiger partial charge in [0.15, 0.2) is 0 Å². The Morgan fingerprint density at radius 2 is 1.96 bits per heavy atom. The highest BCUT2D eigenvalue weighted by Gasteiger charge is 2.23. The lowest BCUT2D eigenvalue weighted by molar-refractivity contribution is -0.118. The molecule has 0 bridgehead atoms. The largest absolute Gasteiger partial charge is 0.372 e. The second-order valence-corrected chi connectivity index (χ2v) is 7.41. The lowest BCUT2D eigenvalue weighted by atomic mass is 10.0. The molecule has 2 N–H and O–H groups in total. The zero-order valence-corrected chi connectivity index (χ0v) is 16.3. The lowest BCUT2D eigenvalue weighted by Gasteiger charge is -2.36. The summed E-state index contributed by atoms with van der Waals surface area (Å²) >= 11 is 0. The van der Waals surface area contributed by atoms with Gasteiger partial charge in [-0.15, -0.1) is 0 Å². The second kappa shape index (κ2) is 8.50. The minimum atomic E-state index is -0.319. The van der Waals surface area contributed by atoms with Gasteiger partial charge in [0.1, 0.15) is 5.82 Å². The Labute approximate surface area is 160 Å². The van der Waals surface area contributed by atoms with Crippen LogP contribution in [0.3, 0.4) is 0 Å². The Hall–Kier alpha value is -2.44. The van der Waals surface area contributed by atoms with E-state index in [1.165, 1.54) is 0 Å². The van der Waals surface area contributed by atoms with Crippen molar-refractivity contribution in [1.82, 2.24) is 9.88 Å². The Morgan fingerprint density at radius 3 is 2.59 bits per heavy atom. The first kappa shape index (κ1) is 19.3. The van der Waals surface area contributed by atoms with Crippen molar-refractivity contribution >= 4 is 11.7 Å². The van der Waals surface area contributed by atoms with Crippen LogP contribution >= 0.6 is 0 Å². The Kier molecular flexibility index (Phi) is 6.08. The van der Waals surface area contributed by atoms with E-state index in [0.717, 1.165) is 35.6 Å². The van der Waals surface area contributed by atoms with E-state index in [1.54, 1.807) is 0 Å². The van der Waals surface area contributed by atoms with Crippen LogP contribution in [0.4, 0.5) is 5.82 Å². The molecule has 2 atom stereocenters. The predicted molar refractivity (Wildman–Crippen MR) is 107 cm³/mol. The normalized spacial score (nSPS) is 20.1. The monoisotopic (exact) mass is 368 g/mol. The summed E-state index contributed by atoms with van der Waals surface area (Å²) < 4.78 is 5.80. The third-order valence-electron chi connectivity index (χ3n) is 4.63. The van der Waals surface area contributed by atoms with Gasteiger partial charge >= 0.3 is 0 Å². The summed E-state index contributed by atoms with van der Waals surface area (Å²) in [5.41, 5.74) is 8.59. The number of amides is 1. The van der Waals surface area contributed by atoms with Crippen LogP contribution in [0.25, 0.3) is 11.1 Å². The summed E-state index contributed by atoms with van der Waals surface area (Å²) in [5, 5.41) is 0. The summed E-state index contributed by atoms with van der Waals surface area (Å²) in [4.78, 5) is 19.9. The topological polar surface area (TPSA) is 71.7 Å². The number of carbonyl (C=O) groups is 1. The molecular weight excluding hydrogens is 340 g/mol. The molecule has 2 heterocycles. The van der Waals surface area contributed by atoms with Crippen LogP contribution in [-0.2, 0) is 16.1 Å². The Balaban J connectivity index is 1.71. The number of carbonyl (C=O) groups excluding carboxylic acids is 1. The van der Waals surface area contributed by atoms with Gasteiger partial charge in [-0.3, -0.25) is 9.69 Å². The number of pyridine rings is 1. The number of ether oxygens (including phenoxy) is 1. The summed E-state index contributed by atoms with van der Waals surface area (Å²) in [6.45, 7) is 6.83. The van der Waals surface area contributed by atoms with Crippen LogP contribution < -0.4 is 10.6 Å². The van der Waals surface area contributed by atoms with E-state index in [-0.39, 0.29) is 24.7 Å². The van der Waals surface area contributed by atoms with Gasteiger partial charge in [-0.2, -0.15) is 0 Å². The maximum absolute atomic E-state index is 11.1. The lowest BCUT2D eigenvalue weighted by Crippen LogP contribution is -2.45. The number of nitrogens with two attached hydrogens (primary N) is 1. The predicted octanol–water partition coefficient (Wildman–Crippen LogP) is 2.28. The van der Waals surface area contributed by atoms with Gasteiger partial charge < -0.3 is 15.4 Å². The van der Waals surface area contributed by atoms with Crippen LogP contribution in [0.5, 0.6) is 0 Å². The number of anilines is 1. The standard InChI is InChI=1S/C21H28N4O2/c1-15-11-25(12-16(2)27-15)21-8-7-19(10-23-21)18-6-4-5-17(9-18)13-24(3)14-20(22)26/h4-10,15-16H,11-14H2,1-3H3,(H2,22,26)/t15-,16+. The molecule has 6 nitrogen and oxygen atoms in total. The maximum Gasteiger partial charge on any atom is 0.231 e. The highest BCUT2D eigenvalue weighted by atomic mass is 16.5. The molecule has 0 radical (unpaired) electrons. The van der Waals surface area contributed by atoms with Crippen LogP contribution in [0, 0.1) is 0 Å². The molecule has 0 saturated carbocycles. The molecule has 27 heavy (non-hydrogen) atoms. The molecule has 144 valence electrons. The van der Waals surface area contributed by atoms with Gasteiger partial charge in [0, 0.05) is 31.4 Å². The minimum Gasteiger partial charge on any atom is -0.372 e. The van der Waals surface area contributed by atoms with Gasteiger partial charge in [-0.25, -0.2) is 4.98 Å². The molecule has 1 aliphatic rings. The van der Waals surface area contributed by atoms with E-state index in [1.807, 2.05) is 24.2 Å². The summed E-state index contributed by atoms with van der Waals surface area (Å²) in [6, 6.07) is 12.5. The van der Waals surface area contributed by atoms with E-state index < -0.39 is 0 Å². The summed E-state index contributed by atoms with van der Waals surface area (Å²) in [6.07, 6.45) is 2.35. The summed E-state index contributed by atoms with van der Waals surface area (Å²) in [5.74, 6) is 0.665. The molecule has 1 saturated heterocycles. The fourth-order valence-corrected chi connectivity index (χ4v) is 3.59. The molecule has 1 aromatic carbocycles. The van der Waals surface area contributed by atoms with Crippen LogP contribution in [0.2, 0.25) is 0 Å². The van der Waals surface area contributed by atoms with E-state index in [0.29, 0.717) is 6.54 Å². The number of hydrogen-bond donors (Lipinski definition) is 1. The number of benzene rings is 1. The zero-order valence-electron chi connectivity index (χ0n) is 16.3. The molecule has 0 unspecified atom stereocenters. The van der Waals surface area contributed by atoms with Crippen LogP contribution in [0.1, 0.15) is 19.4 Å². The fraction of sp³-hybridized carbons (Fsp3) is 0.429. The molecule has 0 aliphatic carbocycles. The fourth-order valence-electron chi connectivity index (χ4n) is 3.59. The number of likely N-dealkylation sites (N-methyl/N-ethyl adjacent to an activating group) is 1. The molecule has 2 aromatic rings. The number of nitrogens with zero attached hydrogens (tertiary/aromatic N) is 3. The molecule has 1 aromatic heterocycles. The molecular formula is C21H28N4O2. The zero-order chi connectivity index (χ0) is 19.4. The number of primary amides is 1. The second-order valence-electron chi connectivity index (χ2n) is 7.41. The van der Waals surface area contributed by atoms with Crippen molar-refractivity contribution in [1.29, 1.82) is 0 Å². The molecule has 6 heteroatoms. The smallest absolute Gasteiger partial charge is 0.231 e. The minimum absolute atomic E-state index is 0.212. The number of morpholine rings is 1. The van der Waals surface area contributed by atoms with Crippen molar-refractivity contribution < 1.29 is 9.53 Å². The van der Waals surface area contributed by atoms with Crippen molar-refractivity contribution in [2.45, 2.75) is 32.6 Å². The number of hydrogen-bond acceptors (Lipinski definition) is 5. The average Bonchev–Trinajstić information content (AvgIpc) is 2.60. The molecule has 3 rings (SSSR count). The first-order valence-corrected chi connectivity index (χ1v) is 9.33. The molecule has 1 fully saturated rings. The van der Waals surface area contributed by atoms with Crippen molar-refractivity contribution in [3.8, 4) is 11.1 Å². The highest BCUT2D eigenvalue weighted by Crippen LogP contribution is 2.24. The third kappa shape index (κ3) is 5.28. The van der Waals surface area contributed by atoms with Gasteiger partial charge in [-0.1, -0.05) is 18.2 Å². The molecule has 1 amide bonds. The quantitative estimate of drug-likeness (QED) is 0.847. The van der Waals surface area contributed by atoms with Crippen molar-refractivity contribution in [3.05, 3.63) is 48.2 Å². The van der Waals surface area contributed by atoms with Crippen molar-refractivity contribution in [2.75, 3.05) is 31.6 Å². The molecule has 1 aliphatic heterocycles. The van der Waals surface area contributed by atoms with E-state index >= 15 is 0 Å². The van der Waals surface area contributed by atoms with E-state index in [4.69, 9.17) is 10.5 Å². The average molecular weight is 368 g/mol. The summed E-state index contributed by atoms with van der Waals surface area (Å²) in [7, 11) is 1.89.